The van der Waals surface area contributed by atoms with Gasteiger partial charge in [0.2, 0.25) is 10.0 Å². The number of amides is 1. The molecule has 1 rings (SSSR count). The summed E-state index contributed by atoms with van der Waals surface area (Å²) >= 11 is 0. The molecule has 0 unspecified atom stereocenters. The van der Waals surface area contributed by atoms with E-state index in [1.807, 2.05) is 0 Å². The lowest BCUT2D eigenvalue weighted by atomic mass is 10.2. The molecule has 0 aliphatic carbocycles. The predicted molar refractivity (Wildman–Crippen MR) is 73.1 cm³/mol. The molecule has 108 valence electrons. The van der Waals surface area contributed by atoms with Gasteiger partial charge in [-0.15, -0.1) is 0 Å². The number of primary amides is 1. The summed E-state index contributed by atoms with van der Waals surface area (Å²) in [6.07, 6.45) is -0.955. The van der Waals surface area contributed by atoms with E-state index in [0.717, 1.165) is 0 Å². The van der Waals surface area contributed by atoms with Gasteiger partial charge in [-0.3, -0.25) is 0 Å². The van der Waals surface area contributed by atoms with Gasteiger partial charge in [0.1, 0.15) is 6.61 Å². The zero-order chi connectivity index (χ0) is 15.0. The van der Waals surface area contributed by atoms with Crippen molar-refractivity contribution in [2.45, 2.75) is 4.90 Å². The quantitative estimate of drug-likeness (QED) is 0.493. The fourth-order valence-electron chi connectivity index (χ4n) is 1.31. The van der Waals surface area contributed by atoms with Gasteiger partial charge in [-0.2, -0.15) is 0 Å². The van der Waals surface area contributed by atoms with Crippen molar-refractivity contribution in [3.8, 4) is 11.8 Å². The maximum Gasteiger partial charge on any atom is 0.404 e. The first kappa shape index (κ1) is 16.0. The van der Waals surface area contributed by atoms with E-state index in [-0.39, 0.29) is 24.6 Å². The van der Waals surface area contributed by atoms with E-state index in [1.165, 1.54) is 12.1 Å². The lowest BCUT2D eigenvalue weighted by Crippen LogP contribution is -2.29. The SMILES string of the molecule is NCC#Cc1cccc(S(=O)(=O)NCCOC(N)=O)c1. The highest BCUT2D eigenvalue weighted by atomic mass is 32.2. The third kappa shape index (κ3) is 5.27. The number of sulfonamides is 1. The second-order valence-corrected chi connectivity index (χ2v) is 5.37. The van der Waals surface area contributed by atoms with Gasteiger partial charge in [0.15, 0.2) is 0 Å². The molecule has 0 heterocycles. The van der Waals surface area contributed by atoms with E-state index in [1.54, 1.807) is 12.1 Å². The number of nitrogens with two attached hydrogens (primary N) is 2. The smallest absolute Gasteiger partial charge is 0.404 e. The van der Waals surface area contributed by atoms with Crippen LogP contribution in [0.5, 0.6) is 0 Å². The summed E-state index contributed by atoms with van der Waals surface area (Å²) in [5.41, 5.74) is 10.6. The maximum absolute atomic E-state index is 11.9. The summed E-state index contributed by atoms with van der Waals surface area (Å²) in [4.78, 5) is 10.4. The van der Waals surface area contributed by atoms with Crippen LogP contribution >= 0.6 is 0 Å². The van der Waals surface area contributed by atoms with Gasteiger partial charge in [0.05, 0.1) is 11.4 Å². The number of benzene rings is 1. The maximum atomic E-state index is 11.9. The zero-order valence-electron chi connectivity index (χ0n) is 10.6. The van der Waals surface area contributed by atoms with E-state index in [2.05, 4.69) is 21.3 Å². The molecule has 0 radical (unpaired) electrons. The molecule has 7 nitrogen and oxygen atoms in total. The molecule has 0 saturated heterocycles. The molecule has 0 aromatic heterocycles. The van der Waals surface area contributed by atoms with E-state index in [4.69, 9.17) is 11.5 Å². The van der Waals surface area contributed by atoms with Crippen LogP contribution < -0.4 is 16.2 Å². The molecule has 1 aromatic carbocycles. The molecular formula is C12H15N3O4S. The minimum Gasteiger partial charge on any atom is -0.448 e. The molecule has 0 aliphatic rings. The fourth-order valence-corrected chi connectivity index (χ4v) is 2.36. The number of rotatable bonds is 5. The first-order valence-electron chi connectivity index (χ1n) is 5.66. The summed E-state index contributed by atoms with van der Waals surface area (Å²) in [7, 11) is -3.69. The van der Waals surface area contributed by atoms with Crippen molar-refractivity contribution >= 4 is 16.1 Å². The average molecular weight is 297 g/mol. The van der Waals surface area contributed by atoms with Gasteiger partial charge in [-0.05, 0) is 18.2 Å². The lowest BCUT2D eigenvalue weighted by molar-refractivity contribution is 0.159. The Labute approximate surface area is 117 Å². The van der Waals surface area contributed by atoms with Crippen molar-refractivity contribution in [1.29, 1.82) is 0 Å². The van der Waals surface area contributed by atoms with Crippen molar-refractivity contribution in [3.63, 3.8) is 0 Å². The second-order valence-electron chi connectivity index (χ2n) is 3.60. The average Bonchev–Trinajstić information content (AvgIpc) is 2.41. The van der Waals surface area contributed by atoms with Gasteiger partial charge >= 0.3 is 6.09 Å². The molecule has 0 saturated carbocycles. The minimum atomic E-state index is -3.69. The molecule has 0 atom stereocenters. The number of ether oxygens (including phenoxy) is 1. The van der Waals surface area contributed by atoms with Crippen LogP contribution in [0.15, 0.2) is 29.2 Å². The van der Waals surface area contributed by atoms with Crippen molar-refractivity contribution in [2.24, 2.45) is 11.5 Å². The highest BCUT2D eigenvalue weighted by Gasteiger charge is 2.13. The van der Waals surface area contributed by atoms with Gasteiger partial charge in [0, 0.05) is 12.1 Å². The molecule has 20 heavy (non-hydrogen) atoms. The lowest BCUT2D eigenvalue weighted by Gasteiger charge is -2.07. The molecule has 1 aromatic rings. The highest BCUT2D eigenvalue weighted by Crippen LogP contribution is 2.10. The Balaban J connectivity index is 2.74. The van der Waals surface area contributed by atoms with E-state index < -0.39 is 16.1 Å². The molecular weight excluding hydrogens is 282 g/mol. The highest BCUT2D eigenvalue weighted by molar-refractivity contribution is 7.89. The second kappa shape index (κ2) is 7.49. The normalized spacial score (nSPS) is 10.4. The number of hydrogen-bond acceptors (Lipinski definition) is 5. The van der Waals surface area contributed by atoms with E-state index in [9.17, 15) is 13.2 Å². The van der Waals surface area contributed by atoms with E-state index in [0.29, 0.717) is 5.56 Å². The van der Waals surface area contributed by atoms with Crippen LogP contribution in [0.25, 0.3) is 0 Å². The largest absolute Gasteiger partial charge is 0.448 e. The Morgan fingerprint density at radius 1 is 1.40 bits per heavy atom. The Morgan fingerprint density at radius 2 is 2.15 bits per heavy atom. The summed E-state index contributed by atoms with van der Waals surface area (Å²) in [5.74, 6) is 5.39. The Kier molecular flexibility index (Phi) is 5.99. The van der Waals surface area contributed by atoms with Gasteiger partial charge < -0.3 is 16.2 Å². The third-order valence-electron chi connectivity index (χ3n) is 2.12. The number of nitrogens with one attached hydrogen (secondary N) is 1. The molecule has 1 amide bonds. The Bertz CT molecular complexity index is 632. The van der Waals surface area contributed by atoms with Crippen LogP contribution in [0.1, 0.15) is 5.56 Å². The molecule has 0 fully saturated rings. The molecule has 0 spiro atoms. The zero-order valence-corrected chi connectivity index (χ0v) is 11.4. The molecule has 0 aliphatic heterocycles. The number of carbonyl (C=O) groups is 1. The first-order chi connectivity index (χ1) is 9.45. The Hall–Kier alpha value is -2.08. The number of carbonyl (C=O) groups excluding carboxylic acids is 1. The summed E-state index contributed by atoms with van der Waals surface area (Å²) in [6.45, 7) is -0.00903. The van der Waals surface area contributed by atoms with Crippen molar-refractivity contribution in [3.05, 3.63) is 29.8 Å². The van der Waals surface area contributed by atoms with Crippen LogP contribution in [0, 0.1) is 11.8 Å². The molecule has 5 N–H and O–H groups in total. The topological polar surface area (TPSA) is 125 Å². The minimum absolute atomic E-state index is 0.0655. The molecule has 0 bridgehead atoms. The van der Waals surface area contributed by atoms with Crippen molar-refractivity contribution in [2.75, 3.05) is 19.7 Å². The van der Waals surface area contributed by atoms with Gasteiger partial charge in [-0.1, -0.05) is 17.9 Å². The monoisotopic (exact) mass is 297 g/mol. The van der Waals surface area contributed by atoms with E-state index >= 15 is 0 Å². The van der Waals surface area contributed by atoms with Gasteiger partial charge in [-0.25, -0.2) is 17.9 Å². The predicted octanol–water partition coefficient (Wildman–Crippen LogP) is -0.630. The van der Waals surface area contributed by atoms with Crippen LogP contribution in [0.3, 0.4) is 0 Å². The Morgan fingerprint density at radius 3 is 2.80 bits per heavy atom. The summed E-state index contributed by atoms with van der Waals surface area (Å²) in [6, 6.07) is 6.12. The first-order valence-corrected chi connectivity index (χ1v) is 7.15. The number of hydrogen-bond donors (Lipinski definition) is 3. The third-order valence-corrected chi connectivity index (χ3v) is 3.58. The molecule has 8 heteroatoms. The summed E-state index contributed by atoms with van der Waals surface area (Å²) < 4.78 is 30.6. The van der Waals surface area contributed by atoms with Crippen LogP contribution in [0.2, 0.25) is 0 Å². The van der Waals surface area contributed by atoms with Crippen molar-refractivity contribution < 1.29 is 17.9 Å². The van der Waals surface area contributed by atoms with Crippen LogP contribution in [-0.4, -0.2) is 34.2 Å². The fraction of sp³-hybridized carbons (Fsp3) is 0.250. The van der Waals surface area contributed by atoms with Crippen molar-refractivity contribution in [1.82, 2.24) is 4.72 Å². The van der Waals surface area contributed by atoms with Crippen LogP contribution in [0.4, 0.5) is 4.79 Å². The summed E-state index contributed by atoms with van der Waals surface area (Å²) in [5, 5.41) is 0. The standard InChI is InChI=1S/C12H15N3O4S/c13-6-2-4-10-3-1-5-11(9-10)20(17,18)15-7-8-19-12(14)16/h1,3,5,9,15H,6-8,13H2,(H2,14,16). The van der Waals surface area contributed by atoms with Crippen LogP contribution in [-0.2, 0) is 14.8 Å². The van der Waals surface area contributed by atoms with Gasteiger partial charge in [0.25, 0.3) is 0 Å².